The first-order chi connectivity index (χ1) is 8.00. The van der Waals surface area contributed by atoms with Gasteiger partial charge >= 0.3 is 0 Å². The van der Waals surface area contributed by atoms with Gasteiger partial charge in [-0.3, -0.25) is 0 Å². The summed E-state index contributed by atoms with van der Waals surface area (Å²) in [6.07, 6.45) is 2.92. The molecule has 0 atom stereocenters. The Morgan fingerprint density at radius 3 is 2.35 bits per heavy atom. The molecule has 2 N–H and O–H groups in total. The molecule has 17 heavy (non-hydrogen) atoms. The lowest BCUT2D eigenvalue weighted by atomic mass is 10.0. The van der Waals surface area contributed by atoms with E-state index in [4.69, 9.17) is 5.73 Å². The van der Waals surface area contributed by atoms with E-state index in [1.165, 1.54) is 5.56 Å². The van der Waals surface area contributed by atoms with E-state index in [1.807, 2.05) is 32.2 Å². The van der Waals surface area contributed by atoms with E-state index in [1.54, 1.807) is 4.68 Å². The fourth-order valence-corrected chi connectivity index (χ4v) is 1.57. The molecule has 0 saturated heterocycles. The Bertz CT molecular complexity index is 491. The molecule has 0 spiro atoms. The molecule has 4 heteroatoms. The van der Waals surface area contributed by atoms with Gasteiger partial charge in [0.1, 0.15) is 5.69 Å². The smallest absolute Gasteiger partial charge is 0.102 e. The van der Waals surface area contributed by atoms with Crippen LogP contribution in [0.25, 0.3) is 5.69 Å². The molecule has 2 aromatic rings. The van der Waals surface area contributed by atoms with E-state index in [2.05, 4.69) is 29.4 Å². The number of benzene rings is 1. The summed E-state index contributed by atoms with van der Waals surface area (Å²) < 4.78 is 1.75. The number of hydrogen-bond donors (Lipinski definition) is 1. The van der Waals surface area contributed by atoms with Crippen LogP contribution in [0, 0.1) is 0 Å². The summed E-state index contributed by atoms with van der Waals surface area (Å²) >= 11 is 0. The molecule has 1 heterocycles. The quantitative estimate of drug-likeness (QED) is 0.877. The Morgan fingerprint density at radius 1 is 1.24 bits per heavy atom. The Balaban J connectivity index is 2.30. The average molecular weight is 230 g/mol. The maximum Gasteiger partial charge on any atom is 0.102 e. The van der Waals surface area contributed by atoms with Gasteiger partial charge in [-0.2, -0.15) is 0 Å². The highest BCUT2D eigenvalue weighted by molar-refractivity contribution is 5.34. The zero-order valence-corrected chi connectivity index (χ0v) is 10.5. The van der Waals surface area contributed by atoms with Crippen molar-refractivity contribution in [2.24, 2.45) is 5.73 Å². The van der Waals surface area contributed by atoms with E-state index in [9.17, 15) is 0 Å². The van der Waals surface area contributed by atoms with Crippen LogP contribution in [0.5, 0.6) is 0 Å². The zero-order valence-electron chi connectivity index (χ0n) is 10.5. The minimum absolute atomic E-state index is 0.457. The lowest BCUT2D eigenvalue weighted by Gasteiger charge is -2.13. The molecule has 0 amide bonds. The summed E-state index contributed by atoms with van der Waals surface area (Å²) in [7, 11) is 0. The van der Waals surface area contributed by atoms with Crippen molar-refractivity contribution in [3.8, 4) is 5.69 Å². The summed E-state index contributed by atoms with van der Waals surface area (Å²) in [4.78, 5) is 0. The third-order valence-corrected chi connectivity index (χ3v) is 2.76. The molecule has 4 nitrogen and oxygen atoms in total. The van der Waals surface area contributed by atoms with Crippen LogP contribution in [0.2, 0.25) is 0 Å². The second kappa shape index (κ2) is 4.30. The molecule has 0 saturated carbocycles. The molecular formula is C13H18N4. The van der Waals surface area contributed by atoms with Gasteiger partial charge in [0, 0.05) is 0 Å². The van der Waals surface area contributed by atoms with Gasteiger partial charge in [0.15, 0.2) is 0 Å². The number of rotatable bonds is 3. The van der Waals surface area contributed by atoms with Crippen molar-refractivity contribution in [2.75, 3.05) is 0 Å². The maximum atomic E-state index is 5.98. The molecule has 1 aromatic heterocycles. The molecule has 0 radical (unpaired) electrons. The number of hydrogen-bond acceptors (Lipinski definition) is 3. The van der Waals surface area contributed by atoms with Crippen molar-refractivity contribution < 1.29 is 0 Å². The van der Waals surface area contributed by atoms with E-state index < -0.39 is 5.54 Å². The predicted molar refractivity (Wildman–Crippen MR) is 68.0 cm³/mol. The Hall–Kier alpha value is -1.68. The minimum Gasteiger partial charge on any atom is -0.320 e. The fourth-order valence-electron chi connectivity index (χ4n) is 1.57. The topological polar surface area (TPSA) is 56.7 Å². The van der Waals surface area contributed by atoms with Crippen molar-refractivity contribution in [3.63, 3.8) is 0 Å². The van der Waals surface area contributed by atoms with Gasteiger partial charge in [-0.05, 0) is 38.0 Å². The second-order valence-electron chi connectivity index (χ2n) is 4.79. The predicted octanol–water partition coefficient (Wildman–Crippen LogP) is 2.02. The van der Waals surface area contributed by atoms with Gasteiger partial charge < -0.3 is 5.73 Å². The first kappa shape index (κ1) is 11.8. The zero-order chi connectivity index (χ0) is 12.5. The monoisotopic (exact) mass is 230 g/mol. The minimum atomic E-state index is -0.457. The molecule has 2 rings (SSSR count). The van der Waals surface area contributed by atoms with Crippen LogP contribution in [0.4, 0.5) is 0 Å². The molecule has 1 aromatic carbocycles. The molecule has 0 fully saturated rings. The molecule has 0 aliphatic heterocycles. The van der Waals surface area contributed by atoms with Gasteiger partial charge in [-0.15, -0.1) is 5.10 Å². The SMILES string of the molecule is CCc1ccc(-n2cc(C(C)(C)N)nn2)cc1. The van der Waals surface area contributed by atoms with Crippen molar-refractivity contribution >= 4 is 0 Å². The van der Waals surface area contributed by atoms with Crippen LogP contribution in [0.15, 0.2) is 30.5 Å². The highest BCUT2D eigenvalue weighted by atomic mass is 15.4. The van der Waals surface area contributed by atoms with Crippen molar-refractivity contribution in [2.45, 2.75) is 32.7 Å². The van der Waals surface area contributed by atoms with Crippen LogP contribution in [-0.2, 0) is 12.0 Å². The Kier molecular flexibility index (Phi) is 2.98. The fraction of sp³-hybridized carbons (Fsp3) is 0.385. The molecule has 0 bridgehead atoms. The van der Waals surface area contributed by atoms with Gasteiger partial charge in [0.05, 0.1) is 17.4 Å². The Labute approximate surface area is 101 Å². The summed E-state index contributed by atoms with van der Waals surface area (Å²) in [6.45, 7) is 5.97. The van der Waals surface area contributed by atoms with E-state index in [-0.39, 0.29) is 0 Å². The third kappa shape index (κ3) is 2.53. The molecule has 90 valence electrons. The summed E-state index contributed by atoms with van der Waals surface area (Å²) in [5.41, 5.74) is 8.63. The van der Waals surface area contributed by atoms with Crippen molar-refractivity contribution in [3.05, 3.63) is 41.7 Å². The van der Waals surface area contributed by atoms with E-state index >= 15 is 0 Å². The summed E-state index contributed by atoms with van der Waals surface area (Å²) in [5.74, 6) is 0. The molecule has 0 aliphatic rings. The standard InChI is InChI=1S/C13H18N4/c1-4-10-5-7-11(8-6-10)17-9-12(15-16-17)13(2,3)14/h5-9H,4,14H2,1-3H3. The lowest BCUT2D eigenvalue weighted by molar-refractivity contribution is 0.533. The first-order valence-corrected chi connectivity index (χ1v) is 5.81. The lowest BCUT2D eigenvalue weighted by Crippen LogP contribution is -2.29. The second-order valence-corrected chi connectivity index (χ2v) is 4.79. The number of aryl methyl sites for hydroxylation is 1. The third-order valence-electron chi connectivity index (χ3n) is 2.76. The van der Waals surface area contributed by atoms with Gasteiger partial charge in [-0.1, -0.05) is 24.3 Å². The summed E-state index contributed by atoms with van der Waals surface area (Å²) in [6, 6.07) is 8.29. The van der Waals surface area contributed by atoms with Crippen molar-refractivity contribution in [1.82, 2.24) is 15.0 Å². The van der Waals surface area contributed by atoms with Crippen LogP contribution >= 0.6 is 0 Å². The van der Waals surface area contributed by atoms with Gasteiger partial charge in [-0.25, -0.2) is 4.68 Å². The van der Waals surface area contributed by atoms with Crippen LogP contribution in [-0.4, -0.2) is 15.0 Å². The van der Waals surface area contributed by atoms with Crippen LogP contribution in [0.3, 0.4) is 0 Å². The normalized spacial score (nSPS) is 11.8. The largest absolute Gasteiger partial charge is 0.320 e. The number of nitrogens with two attached hydrogens (primary N) is 1. The molecular weight excluding hydrogens is 212 g/mol. The van der Waals surface area contributed by atoms with Gasteiger partial charge in [0.2, 0.25) is 0 Å². The highest BCUT2D eigenvalue weighted by Crippen LogP contribution is 2.15. The summed E-state index contributed by atoms with van der Waals surface area (Å²) in [5, 5.41) is 8.19. The first-order valence-electron chi connectivity index (χ1n) is 5.81. The molecule has 0 unspecified atom stereocenters. The van der Waals surface area contributed by atoms with Crippen LogP contribution < -0.4 is 5.73 Å². The Morgan fingerprint density at radius 2 is 1.88 bits per heavy atom. The highest BCUT2D eigenvalue weighted by Gasteiger charge is 2.18. The van der Waals surface area contributed by atoms with E-state index in [0.717, 1.165) is 17.8 Å². The van der Waals surface area contributed by atoms with Crippen LogP contribution in [0.1, 0.15) is 32.0 Å². The van der Waals surface area contributed by atoms with Crippen molar-refractivity contribution in [1.29, 1.82) is 0 Å². The average Bonchev–Trinajstić information content (AvgIpc) is 2.78. The van der Waals surface area contributed by atoms with E-state index in [0.29, 0.717) is 0 Å². The number of nitrogens with zero attached hydrogens (tertiary/aromatic N) is 3. The number of aromatic nitrogens is 3. The molecule has 0 aliphatic carbocycles. The maximum absolute atomic E-state index is 5.98. The van der Waals surface area contributed by atoms with Gasteiger partial charge in [0.25, 0.3) is 0 Å².